The molecule has 1 amide bonds. The van der Waals surface area contributed by atoms with E-state index in [0.717, 1.165) is 31.4 Å². The Morgan fingerprint density at radius 3 is 2.37 bits per heavy atom. The third kappa shape index (κ3) is 5.13. The van der Waals surface area contributed by atoms with E-state index >= 15 is 0 Å². The van der Waals surface area contributed by atoms with Gasteiger partial charge in [-0.2, -0.15) is 5.10 Å². The van der Waals surface area contributed by atoms with E-state index in [1.54, 1.807) is 30.3 Å². The Balaban J connectivity index is 1.77. The Morgan fingerprint density at radius 1 is 1.00 bits per heavy atom. The minimum absolute atomic E-state index is 0.173. The summed E-state index contributed by atoms with van der Waals surface area (Å²) in [5.74, 6) is -0.397. The van der Waals surface area contributed by atoms with E-state index in [2.05, 4.69) is 15.8 Å². The van der Waals surface area contributed by atoms with Crippen LogP contribution in [-0.2, 0) is 0 Å². The van der Waals surface area contributed by atoms with Crippen molar-refractivity contribution in [1.82, 2.24) is 0 Å². The van der Waals surface area contributed by atoms with Crippen molar-refractivity contribution in [2.45, 2.75) is 38.5 Å². The average Bonchev–Trinajstić information content (AvgIpc) is 2.96. The van der Waals surface area contributed by atoms with Crippen LogP contribution in [0.15, 0.2) is 53.6 Å². The fourth-order valence-electron chi connectivity index (χ4n) is 3.03. The van der Waals surface area contributed by atoms with Gasteiger partial charge in [0.15, 0.2) is 0 Å². The molecule has 0 radical (unpaired) electrons. The molecule has 0 aromatic heterocycles. The van der Waals surface area contributed by atoms with Gasteiger partial charge in [0.1, 0.15) is 5.69 Å². The second kappa shape index (κ2) is 8.93. The van der Waals surface area contributed by atoms with Crippen LogP contribution < -0.4 is 10.7 Å². The van der Waals surface area contributed by atoms with Crippen LogP contribution in [0, 0.1) is 10.1 Å². The number of hydrogen-bond donors (Lipinski definition) is 2. The first-order valence-corrected chi connectivity index (χ1v) is 9.10. The van der Waals surface area contributed by atoms with Crippen molar-refractivity contribution in [2.75, 3.05) is 10.7 Å². The molecule has 2 N–H and O–H groups in total. The zero-order valence-electron chi connectivity index (χ0n) is 15.0. The first kappa shape index (κ1) is 18.6. The molecule has 0 unspecified atom stereocenters. The van der Waals surface area contributed by atoms with Gasteiger partial charge in [0.2, 0.25) is 0 Å². The van der Waals surface area contributed by atoms with E-state index in [0.29, 0.717) is 5.69 Å². The smallest absolute Gasteiger partial charge is 0.294 e. The molecule has 1 fully saturated rings. The van der Waals surface area contributed by atoms with Gasteiger partial charge in [-0.05, 0) is 49.9 Å². The van der Waals surface area contributed by atoms with Gasteiger partial charge in [-0.15, -0.1) is 0 Å². The molecule has 3 rings (SSSR count). The minimum Gasteiger partial charge on any atom is -0.322 e. The van der Waals surface area contributed by atoms with Crippen LogP contribution in [0.2, 0.25) is 0 Å². The third-order valence-electron chi connectivity index (χ3n) is 4.50. The Kier molecular flexibility index (Phi) is 6.14. The van der Waals surface area contributed by atoms with Crippen molar-refractivity contribution in [2.24, 2.45) is 5.10 Å². The Bertz CT molecular complexity index is 840. The standard InChI is InChI=1S/C20H22N4O3/c25-20(21-16-8-6-3-7-9-16)15-12-13-18(19(14-15)24(26)27)23-22-17-10-4-1-2-5-11-17/h3,6-9,12-14,23H,1-2,4-5,10-11H2,(H,21,25). The predicted molar refractivity (Wildman–Crippen MR) is 106 cm³/mol. The number of carbonyl (C=O) groups is 1. The minimum atomic E-state index is -0.505. The molecular weight excluding hydrogens is 344 g/mol. The highest BCUT2D eigenvalue weighted by Gasteiger charge is 2.18. The third-order valence-corrected chi connectivity index (χ3v) is 4.50. The molecule has 1 saturated carbocycles. The van der Waals surface area contributed by atoms with Crippen LogP contribution in [0.3, 0.4) is 0 Å². The van der Waals surface area contributed by atoms with Gasteiger partial charge >= 0.3 is 0 Å². The highest BCUT2D eigenvalue weighted by molar-refractivity contribution is 6.05. The summed E-state index contributed by atoms with van der Waals surface area (Å²) in [6.45, 7) is 0. The molecule has 7 heteroatoms. The van der Waals surface area contributed by atoms with Crippen molar-refractivity contribution in [3.05, 3.63) is 64.2 Å². The lowest BCUT2D eigenvalue weighted by molar-refractivity contribution is -0.384. The highest BCUT2D eigenvalue weighted by Crippen LogP contribution is 2.26. The molecule has 0 atom stereocenters. The lowest BCUT2D eigenvalue weighted by atomic mass is 10.1. The number of para-hydroxylation sites is 1. The molecule has 0 bridgehead atoms. The molecule has 0 spiro atoms. The number of nitrogens with one attached hydrogen (secondary N) is 2. The molecule has 140 valence electrons. The number of anilines is 2. The van der Waals surface area contributed by atoms with E-state index < -0.39 is 10.8 Å². The fraction of sp³-hybridized carbons (Fsp3) is 0.300. The van der Waals surface area contributed by atoms with Gasteiger partial charge in [-0.3, -0.25) is 20.3 Å². The largest absolute Gasteiger partial charge is 0.322 e. The maximum atomic E-state index is 12.4. The van der Waals surface area contributed by atoms with E-state index in [4.69, 9.17) is 0 Å². The van der Waals surface area contributed by atoms with Crippen molar-refractivity contribution in [1.29, 1.82) is 0 Å². The Morgan fingerprint density at radius 2 is 1.70 bits per heavy atom. The summed E-state index contributed by atoms with van der Waals surface area (Å²) in [4.78, 5) is 23.3. The Labute approximate surface area is 157 Å². The molecule has 2 aromatic rings. The number of hydrogen-bond acceptors (Lipinski definition) is 5. The van der Waals surface area contributed by atoms with Crippen LogP contribution in [0.1, 0.15) is 48.9 Å². The first-order valence-electron chi connectivity index (χ1n) is 9.10. The highest BCUT2D eigenvalue weighted by atomic mass is 16.6. The van der Waals surface area contributed by atoms with Gasteiger partial charge in [-0.25, -0.2) is 0 Å². The number of nitro benzene ring substituents is 1. The summed E-state index contributed by atoms with van der Waals surface area (Å²) in [5.41, 5.74) is 4.82. The van der Waals surface area contributed by atoms with E-state index in [1.165, 1.54) is 25.0 Å². The average molecular weight is 366 g/mol. The summed E-state index contributed by atoms with van der Waals surface area (Å²) in [6.07, 6.45) is 6.42. The molecule has 7 nitrogen and oxygen atoms in total. The monoisotopic (exact) mass is 366 g/mol. The quantitative estimate of drug-likeness (QED) is 0.443. The maximum Gasteiger partial charge on any atom is 0.294 e. The van der Waals surface area contributed by atoms with Crippen LogP contribution in [0.4, 0.5) is 17.1 Å². The second-order valence-electron chi connectivity index (χ2n) is 6.51. The van der Waals surface area contributed by atoms with E-state index in [-0.39, 0.29) is 16.9 Å². The topological polar surface area (TPSA) is 96.6 Å². The summed E-state index contributed by atoms with van der Waals surface area (Å²) >= 11 is 0. The van der Waals surface area contributed by atoms with Gasteiger partial charge in [0.05, 0.1) is 4.92 Å². The molecular formula is C20H22N4O3. The Hall–Kier alpha value is -3.22. The van der Waals surface area contributed by atoms with Crippen LogP contribution >= 0.6 is 0 Å². The summed E-state index contributed by atoms with van der Waals surface area (Å²) in [7, 11) is 0. The normalized spacial score (nSPS) is 14.1. The zero-order valence-corrected chi connectivity index (χ0v) is 15.0. The van der Waals surface area contributed by atoms with Gasteiger partial charge in [0.25, 0.3) is 11.6 Å². The molecule has 2 aromatic carbocycles. The lowest BCUT2D eigenvalue weighted by Gasteiger charge is -2.08. The number of carbonyl (C=O) groups excluding carboxylic acids is 1. The van der Waals surface area contributed by atoms with E-state index in [1.807, 2.05) is 6.07 Å². The van der Waals surface area contributed by atoms with Crippen molar-refractivity contribution in [3.63, 3.8) is 0 Å². The molecule has 27 heavy (non-hydrogen) atoms. The number of nitro groups is 1. The number of amides is 1. The summed E-state index contributed by atoms with van der Waals surface area (Å²) in [5, 5.41) is 18.5. The van der Waals surface area contributed by atoms with Gasteiger partial charge < -0.3 is 5.32 Å². The fourth-order valence-corrected chi connectivity index (χ4v) is 3.03. The number of benzene rings is 2. The second-order valence-corrected chi connectivity index (χ2v) is 6.51. The predicted octanol–water partition coefficient (Wildman–Crippen LogP) is 4.97. The van der Waals surface area contributed by atoms with Crippen LogP contribution in [-0.4, -0.2) is 16.5 Å². The number of nitrogens with zero attached hydrogens (tertiary/aromatic N) is 2. The molecule has 0 aliphatic heterocycles. The number of hydrazone groups is 1. The molecule has 1 aliphatic carbocycles. The summed E-state index contributed by atoms with van der Waals surface area (Å²) in [6, 6.07) is 13.3. The summed E-state index contributed by atoms with van der Waals surface area (Å²) < 4.78 is 0. The van der Waals surface area contributed by atoms with Crippen molar-refractivity contribution >= 4 is 28.7 Å². The number of rotatable bonds is 5. The zero-order chi connectivity index (χ0) is 19.1. The van der Waals surface area contributed by atoms with Crippen LogP contribution in [0.5, 0.6) is 0 Å². The van der Waals surface area contributed by atoms with Crippen molar-refractivity contribution < 1.29 is 9.72 Å². The van der Waals surface area contributed by atoms with Crippen molar-refractivity contribution in [3.8, 4) is 0 Å². The van der Waals surface area contributed by atoms with Gasteiger partial charge in [0, 0.05) is 23.0 Å². The molecule has 0 heterocycles. The molecule has 0 saturated heterocycles. The lowest BCUT2D eigenvalue weighted by Crippen LogP contribution is -2.12. The van der Waals surface area contributed by atoms with Gasteiger partial charge in [-0.1, -0.05) is 31.0 Å². The van der Waals surface area contributed by atoms with E-state index in [9.17, 15) is 14.9 Å². The first-order chi connectivity index (χ1) is 13.1. The van der Waals surface area contributed by atoms with Crippen LogP contribution in [0.25, 0.3) is 0 Å². The molecule has 1 aliphatic rings. The SMILES string of the molecule is O=C(Nc1ccccc1)c1ccc(NN=C2CCCCCC2)c([N+](=O)[O-])c1. The maximum absolute atomic E-state index is 12.4.